The van der Waals surface area contributed by atoms with E-state index < -0.39 is 0 Å². The molecular weight excluding hydrogens is 273 g/mol. The number of benzene rings is 1. The van der Waals surface area contributed by atoms with Crippen LogP contribution < -0.4 is 11.1 Å². The molecule has 0 spiro atoms. The van der Waals surface area contributed by atoms with Crippen LogP contribution in [0, 0.1) is 12.7 Å². The van der Waals surface area contributed by atoms with Crippen LogP contribution >= 0.6 is 12.2 Å². The molecule has 0 fully saturated rings. The average Bonchev–Trinajstić information content (AvgIpc) is 2.42. The van der Waals surface area contributed by atoms with Crippen molar-refractivity contribution in [2.45, 2.75) is 19.9 Å². The largest absolute Gasteiger partial charge is 0.389 e. The van der Waals surface area contributed by atoms with Crippen molar-refractivity contribution in [2.75, 3.05) is 5.32 Å². The van der Waals surface area contributed by atoms with E-state index in [2.05, 4.69) is 10.3 Å². The van der Waals surface area contributed by atoms with Crippen molar-refractivity contribution in [3.63, 3.8) is 0 Å². The second-order valence-electron chi connectivity index (χ2n) is 4.64. The highest BCUT2D eigenvalue weighted by atomic mass is 32.1. The van der Waals surface area contributed by atoms with E-state index >= 15 is 0 Å². The first-order valence-corrected chi connectivity index (χ1v) is 6.67. The van der Waals surface area contributed by atoms with Gasteiger partial charge in [-0.15, -0.1) is 0 Å². The second-order valence-corrected chi connectivity index (χ2v) is 5.08. The fourth-order valence-electron chi connectivity index (χ4n) is 1.89. The number of pyridine rings is 1. The van der Waals surface area contributed by atoms with E-state index in [9.17, 15) is 4.39 Å². The molecule has 1 heterocycles. The lowest BCUT2D eigenvalue weighted by atomic mass is 10.1. The van der Waals surface area contributed by atoms with Gasteiger partial charge < -0.3 is 11.1 Å². The maximum atomic E-state index is 13.6. The smallest absolute Gasteiger partial charge is 0.136 e. The molecule has 2 aromatic rings. The number of hydrogen-bond donors (Lipinski definition) is 2. The zero-order valence-corrected chi connectivity index (χ0v) is 12.2. The van der Waals surface area contributed by atoms with Crippen molar-refractivity contribution in [3.05, 3.63) is 59.0 Å². The monoisotopic (exact) mass is 289 g/mol. The number of nitrogens with one attached hydrogen (secondary N) is 1. The Morgan fingerprint density at radius 3 is 2.80 bits per heavy atom. The van der Waals surface area contributed by atoms with Crippen LogP contribution in [-0.2, 0) is 0 Å². The molecule has 3 N–H and O–H groups in total. The summed E-state index contributed by atoms with van der Waals surface area (Å²) in [4.78, 5) is 4.51. The molecule has 0 bridgehead atoms. The normalized spacial score (nSPS) is 11.9. The summed E-state index contributed by atoms with van der Waals surface area (Å²) >= 11 is 4.99. The number of nitrogens with two attached hydrogens (primary N) is 1. The lowest BCUT2D eigenvalue weighted by Gasteiger charge is -2.17. The molecule has 5 heteroatoms. The highest BCUT2D eigenvalue weighted by Gasteiger charge is 2.12. The topological polar surface area (TPSA) is 50.9 Å². The van der Waals surface area contributed by atoms with Gasteiger partial charge >= 0.3 is 0 Å². The van der Waals surface area contributed by atoms with Crippen LogP contribution in [0.4, 0.5) is 10.2 Å². The molecule has 2 rings (SSSR count). The Morgan fingerprint density at radius 2 is 2.15 bits per heavy atom. The third-order valence-electron chi connectivity index (χ3n) is 3.12. The molecule has 0 radical (unpaired) electrons. The van der Waals surface area contributed by atoms with E-state index in [0.717, 1.165) is 5.56 Å². The van der Waals surface area contributed by atoms with E-state index in [4.69, 9.17) is 18.0 Å². The average molecular weight is 289 g/mol. The molecule has 1 aromatic heterocycles. The van der Waals surface area contributed by atoms with Crippen molar-refractivity contribution in [1.82, 2.24) is 4.98 Å². The van der Waals surface area contributed by atoms with Gasteiger partial charge in [0.25, 0.3) is 0 Å². The molecule has 20 heavy (non-hydrogen) atoms. The van der Waals surface area contributed by atoms with Gasteiger partial charge in [0.1, 0.15) is 16.6 Å². The van der Waals surface area contributed by atoms with E-state index in [1.54, 1.807) is 31.3 Å². The Balaban J connectivity index is 2.25. The number of anilines is 1. The Labute approximate surface area is 123 Å². The number of aryl methyl sites for hydroxylation is 1. The zero-order valence-electron chi connectivity index (χ0n) is 11.4. The standard InChI is InChI=1S/C15H16FN3S/c1-9-5-6-11(8-13(9)16)10(2)19-15-12(14(17)20)4-3-7-18-15/h3-8,10H,1-2H3,(H2,17,20)(H,18,19). The van der Waals surface area contributed by atoms with Crippen molar-refractivity contribution in [3.8, 4) is 0 Å². The Hall–Kier alpha value is -2.01. The first-order chi connectivity index (χ1) is 9.49. The van der Waals surface area contributed by atoms with Gasteiger partial charge in [-0.05, 0) is 43.2 Å². The molecule has 3 nitrogen and oxygen atoms in total. The molecular formula is C15H16FN3S. The third kappa shape index (κ3) is 3.11. The molecule has 0 aliphatic rings. The highest BCUT2D eigenvalue weighted by molar-refractivity contribution is 7.80. The fraction of sp³-hybridized carbons (Fsp3) is 0.200. The van der Waals surface area contributed by atoms with Gasteiger partial charge in [-0.3, -0.25) is 0 Å². The van der Waals surface area contributed by atoms with Crippen molar-refractivity contribution >= 4 is 23.0 Å². The molecule has 1 aromatic carbocycles. The van der Waals surface area contributed by atoms with Gasteiger partial charge in [-0.25, -0.2) is 9.37 Å². The van der Waals surface area contributed by atoms with Crippen LogP contribution in [-0.4, -0.2) is 9.97 Å². The van der Waals surface area contributed by atoms with Crippen LogP contribution in [0.3, 0.4) is 0 Å². The first kappa shape index (κ1) is 14.4. The van der Waals surface area contributed by atoms with E-state index in [1.807, 2.05) is 13.0 Å². The van der Waals surface area contributed by atoms with Gasteiger partial charge in [0.2, 0.25) is 0 Å². The van der Waals surface area contributed by atoms with Crippen LogP contribution in [0.1, 0.15) is 29.7 Å². The fourth-order valence-corrected chi connectivity index (χ4v) is 2.05. The highest BCUT2D eigenvalue weighted by Crippen LogP contribution is 2.22. The van der Waals surface area contributed by atoms with E-state index in [1.165, 1.54) is 6.07 Å². The summed E-state index contributed by atoms with van der Waals surface area (Å²) in [6, 6.07) is 8.65. The van der Waals surface area contributed by atoms with Crippen molar-refractivity contribution < 1.29 is 4.39 Å². The second kappa shape index (κ2) is 5.96. The Morgan fingerprint density at radius 1 is 1.40 bits per heavy atom. The molecule has 0 aliphatic carbocycles. The van der Waals surface area contributed by atoms with Gasteiger partial charge in [0, 0.05) is 6.20 Å². The summed E-state index contributed by atoms with van der Waals surface area (Å²) < 4.78 is 13.6. The summed E-state index contributed by atoms with van der Waals surface area (Å²) in [7, 11) is 0. The number of hydrogen-bond acceptors (Lipinski definition) is 3. The molecule has 0 aliphatic heterocycles. The lowest BCUT2D eigenvalue weighted by Crippen LogP contribution is -2.16. The van der Waals surface area contributed by atoms with Gasteiger partial charge in [-0.1, -0.05) is 24.4 Å². The first-order valence-electron chi connectivity index (χ1n) is 6.26. The van der Waals surface area contributed by atoms with E-state index in [0.29, 0.717) is 16.9 Å². The lowest BCUT2D eigenvalue weighted by molar-refractivity contribution is 0.614. The number of rotatable bonds is 4. The van der Waals surface area contributed by atoms with Gasteiger partial charge in [-0.2, -0.15) is 0 Å². The predicted octanol–water partition coefficient (Wildman–Crippen LogP) is 3.34. The number of aromatic nitrogens is 1. The minimum atomic E-state index is -0.216. The predicted molar refractivity (Wildman–Crippen MR) is 83.3 cm³/mol. The minimum absolute atomic E-state index is 0.104. The maximum Gasteiger partial charge on any atom is 0.136 e. The molecule has 0 saturated carbocycles. The number of nitrogens with zero attached hydrogens (tertiary/aromatic N) is 1. The van der Waals surface area contributed by atoms with Crippen molar-refractivity contribution in [2.24, 2.45) is 5.73 Å². The molecule has 0 amide bonds. The van der Waals surface area contributed by atoms with Crippen LogP contribution in [0.2, 0.25) is 0 Å². The molecule has 1 atom stereocenters. The summed E-state index contributed by atoms with van der Waals surface area (Å²) in [5.41, 5.74) is 7.81. The summed E-state index contributed by atoms with van der Waals surface area (Å²) in [6.45, 7) is 3.67. The number of thiocarbonyl (C=S) groups is 1. The summed E-state index contributed by atoms with van der Waals surface area (Å²) in [5, 5.41) is 3.21. The van der Waals surface area contributed by atoms with Gasteiger partial charge in [0.15, 0.2) is 0 Å². The van der Waals surface area contributed by atoms with E-state index in [-0.39, 0.29) is 16.8 Å². The SMILES string of the molecule is Cc1ccc(C(C)Nc2ncccc2C(N)=S)cc1F. The number of halogens is 1. The van der Waals surface area contributed by atoms with Crippen molar-refractivity contribution in [1.29, 1.82) is 0 Å². The Kier molecular flexibility index (Phi) is 4.29. The van der Waals surface area contributed by atoms with Crippen LogP contribution in [0.25, 0.3) is 0 Å². The Bertz CT molecular complexity index is 643. The quantitative estimate of drug-likeness (QED) is 0.848. The third-order valence-corrected chi connectivity index (χ3v) is 3.34. The molecule has 104 valence electrons. The van der Waals surface area contributed by atoms with Crippen LogP contribution in [0.5, 0.6) is 0 Å². The summed E-state index contributed by atoms with van der Waals surface area (Å²) in [5.74, 6) is 0.389. The maximum absolute atomic E-state index is 13.6. The zero-order chi connectivity index (χ0) is 14.7. The minimum Gasteiger partial charge on any atom is -0.389 e. The molecule has 1 unspecified atom stereocenters. The molecule has 0 saturated heterocycles. The van der Waals surface area contributed by atoms with Gasteiger partial charge in [0.05, 0.1) is 11.6 Å². The summed E-state index contributed by atoms with van der Waals surface area (Å²) in [6.07, 6.45) is 1.66. The van der Waals surface area contributed by atoms with Crippen LogP contribution in [0.15, 0.2) is 36.5 Å².